The number of rotatable bonds is 2. The number of anilines is 1. The number of hydrogen-bond acceptors (Lipinski definition) is 6. The van der Waals surface area contributed by atoms with Gasteiger partial charge in [0.05, 0.1) is 17.1 Å². The van der Waals surface area contributed by atoms with Crippen molar-refractivity contribution in [1.29, 1.82) is 0 Å². The van der Waals surface area contributed by atoms with Gasteiger partial charge in [-0.05, 0) is 30.0 Å². The lowest BCUT2D eigenvalue weighted by Gasteiger charge is -2.02. The molecule has 0 spiro atoms. The maximum Gasteiger partial charge on any atom is 0.259 e. The van der Waals surface area contributed by atoms with Crippen LogP contribution in [-0.4, -0.2) is 19.9 Å². The molecule has 0 bridgehead atoms. The van der Waals surface area contributed by atoms with Crippen molar-refractivity contribution in [3.05, 3.63) is 47.1 Å². The van der Waals surface area contributed by atoms with Gasteiger partial charge in [-0.3, -0.25) is 9.78 Å². The zero-order valence-corrected chi connectivity index (χ0v) is 10.5. The van der Waals surface area contributed by atoms with Gasteiger partial charge in [-0.15, -0.1) is 0 Å². The molecule has 7 heteroatoms. The quantitative estimate of drug-likeness (QED) is 0.540. The van der Waals surface area contributed by atoms with E-state index >= 15 is 0 Å². The molecule has 0 aliphatic heterocycles. The van der Waals surface area contributed by atoms with Crippen LogP contribution < -0.4 is 11.3 Å². The van der Waals surface area contributed by atoms with Gasteiger partial charge in [0.1, 0.15) is 5.03 Å². The molecule has 0 saturated carbocycles. The molecule has 0 unspecified atom stereocenters. The van der Waals surface area contributed by atoms with Crippen LogP contribution in [0, 0.1) is 0 Å². The van der Waals surface area contributed by atoms with Gasteiger partial charge < -0.3 is 10.7 Å². The summed E-state index contributed by atoms with van der Waals surface area (Å²) in [6.45, 7) is 0. The Hall–Kier alpha value is -2.41. The number of nitrogens with zero attached hydrogens (tertiary/aromatic N) is 3. The number of hydrogen-bond donors (Lipinski definition) is 2. The molecule has 0 atom stereocenters. The predicted molar refractivity (Wildman–Crippen MR) is 72.9 cm³/mol. The van der Waals surface area contributed by atoms with Gasteiger partial charge in [0, 0.05) is 18.1 Å². The first-order chi connectivity index (χ1) is 9.22. The lowest BCUT2D eigenvalue weighted by molar-refractivity contribution is 0.961. The molecular weight excluding hydrogens is 262 g/mol. The third-order valence-corrected chi connectivity index (χ3v) is 3.26. The number of aromatic amines is 1. The van der Waals surface area contributed by atoms with Gasteiger partial charge in [-0.1, -0.05) is 0 Å². The predicted octanol–water partition coefficient (Wildman–Crippen LogP) is 1.45. The maximum atomic E-state index is 11.9. The first-order valence-electron chi connectivity index (χ1n) is 5.46. The highest BCUT2D eigenvalue weighted by Gasteiger charge is 2.06. The second-order valence-corrected chi connectivity index (χ2v) is 4.80. The zero-order chi connectivity index (χ0) is 13.2. The van der Waals surface area contributed by atoms with E-state index in [0.29, 0.717) is 26.8 Å². The number of nitrogens with two attached hydrogens (primary N) is 1. The van der Waals surface area contributed by atoms with Crippen molar-refractivity contribution in [2.24, 2.45) is 0 Å². The van der Waals surface area contributed by atoms with Gasteiger partial charge in [-0.2, -0.15) is 0 Å². The molecule has 94 valence electrons. The van der Waals surface area contributed by atoms with Crippen molar-refractivity contribution < 1.29 is 0 Å². The largest absolute Gasteiger partial charge is 0.399 e. The van der Waals surface area contributed by atoms with Crippen LogP contribution in [-0.2, 0) is 0 Å². The molecule has 0 fully saturated rings. The second-order valence-electron chi connectivity index (χ2n) is 3.79. The molecule has 3 N–H and O–H groups in total. The fraction of sp³-hybridized carbons (Fsp3) is 0. The van der Waals surface area contributed by atoms with Crippen molar-refractivity contribution >= 4 is 28.4 Å². The summed E-state index contributed by atoms with van der Waals surface area (Å²) in [7, 11) is 0. The molecule has 2 aromatic heterocycles. The van der Waals surface area contributed by atoms with E-state index in [2.05, 4.69) is 19.9 Å². The van der Waals surface area contributed by atoms with Crippen molar-refractivity contribution in [3.63, 3.8) is 0 Å². The molecule has 0 radical (unpaired) electrons. The monoisotopic (exact) mass is 271 g/mol. The van der Waals surface area contributed by atoms with E-state index in [1.54, 1.807) is 36.8 Å². The van der Waals surface area contributed by atoms with Crippen LogP contribution in [0.15, 0.2) is 51.8 Å². The van der Waals surface area contributed by atoms with Crippen LogP contribution in [0.2, 0.25) is 0 Å². The minimum atomic E-state index is -0.219. The summed E-state index contributed by atoms with van der Waals surface area (Å²) < 4.78 is 0. The molecule has 0 amide bonds. The molecule has 19 heavy (non-hydrogen) atoms. The summed E-state index contributed by atoms with van der Waals surface area (Å²) in [5.41, 5.74) is 6.57. The SMILES string of the molecule is Nc1ccc2nc(Sc3cnccn3)[nH]c(=O)c2c1. The Labute approximate surface area is 112 Å². The average molecular weight is 271 g/mol. The molecule has 0 saturated heterocycles. The van der Waals surface area contributed by atoms with E-state index in [1.807, 2.05) is 0 Å². The molecule has 2 heterocycles. The Morgan fingerprint density at radius 3 is 2.95 bits per heavy atom. The van der Waals surface area contributed by atoms with E-state index in [9.17, 15) is 4.79 Å². The molecule has 0 aliphatic rings. The standard InChI is InChI=1S/C12H9N5OS/c13-7-1-2-9-8(5-7)11(18)17-12(16-9)19-10-6-14-3-4-15-10/h1-6H,13H2,(H,16,17,18). The third kappa shape index (κ3) is 2.41. The Balaban J connectivity index is 2.07. The van der Waals surface area contributed by atoms with Crippen LogP contribution in [0.5, 0.6) is 0 Å². The summed E-state index contributed by atoms with van der Waals surface area (Å²) in [4.78, 5) is 27.1. The molecule has 6 nitrogen and oxygen atoms in total. The fourth-order valence-corrected chi connectivity index (χ4v) is 2.33. The van der Waals surface area contributed by atoms with Crippen molar-refractivity contribution in [2.75, 3.05) is 5.73 Å². The first kappa shape index (κ1) is 11.7. The van der Waals surface area contributed by atoms with E-state index in [4.69, 9.17) is 5.73 Å². The highest BCUT2D eigenvalue weighted by Crippen LogP contribution is 2.22. The van der Waals surface area contributed by atoms with E-state index in [0.717, 1.165) is 0 Å². The Morgan fingerprint density at radius 2 is 2.16 bits per heavy atom. The zero-order valence-electron chi connectivity index (χ0n) is 9.70. The van der Waals surface area contributed by atoms with Crippen LogP contribution in [0.25, 0.3) is 10.9 Å². The lowest BCUT2D eigenvalue weighted by atomic mass is 10.2. The fourth-order valence-electron chi connectivity index (χ4n) is 1.62. The number of aromatic nitrogens is 4. The van der Waals surface area contributed by atoms with E-state index in [1.165, 1.54) is 11.8 Å². The number of nitrogen functional groups attached to an aromatic ring is 1. The highest BCUT2D eigenvalue weighted by molar-refractivity contribution is 7.99. The summed E-state index contributed by atoms with van der Waals surface area (Å²) in [5.74, 6) is 0. The topological polar surface area (TPSA) is 97.5 Å². The Morgan fingerprint density at radius 1 is 1.26 bits per heavy atom. The summed E-state index contributed by atoms with van der Waals surface area (Å²) >= 11 is 1.25. The van der Waals surface area contributed by atoms with E-state index < -0.39 is 0 Å². The van der Waals surface area contributed by atoms with Gasteiger partial charge in [0.25, 0.3) is 5.56 Å². The normalized spacial score (nSPS) is 10.7. The van der Waals surface area contributed by atoms with Crippen molar-refractivity contribution in [2.45, 2.75) is 10.2 Å². The van der Waals surface area contributed by atoms with Gasteiger partial charge in [0.2, 0.25) is 0 Å². The Kier molecular flexibility index (Phi) is 2.88. The Bertz CT molecular complexity index is 787. The molecular formula is C12H9N5OS. The first-order valence-corrected chi connectivity index (χ1v) is 6.27. The van der Waals surface area contributed by atoms with Crippen LogP contribution in [0.4, 0.5) is 5.69 Å². The lowest BCUT2D eigenvalue weighted by Crippen LogP contribution is -2.09. The maximum absolute atomic E-state index is 11.9. The summed E-state index contributed by atoms with van der Waals surface area (Å²) in [6, 6.07) is 5.05. The van der Waals surface area contributed by atoms with Crippen molar-refractivity contribution in [3.8, 4) is 0 Å². The number of H-pyrrole nitrogens is 1. The van der Waals surface area contributed by atoms with Crippen LogP contribution >= 0.6 is 11.8 Å². The number of nitrogens with one attached hydrogen (secondary N) is 1. The van der Waals surface area contributed by atoms with E-state index in [-0.39, 0.29) is 5.56 Å². The van der Waals surface area contributed by atoms with Crippen LogP contribution in [0.3, 0.4) is 0 Å². The smallest absolute Gasteiger partial charge is 0.259 e. The molecule has 1 aromatic carbocycles. The van der Waals surface area contributed by atoms with Gasteiger partial charge in [-0.25, -0.2) is 9.97 Å². The summed E-state index contributed by atoms with van der Waals surface area (Å²) in [5, 5.41) is 1.62. The number of fused-ring (bicyclic) bond motifs is 1. The number of benzene rings is 1. The molecule has 3 rings (SSSR count). The van der Waals surface area contributed by atoms with Crippen LogP contribution in [0.1, 0.15) is 0 Å². The van der Waals surface area contributed by atoms with Gasteiger partial charge >= 0.3 is 0 Å². The van der Waals surface area contributed by atoms with Crippen molar-refractivity contribution in [1.82, 2.24) is 19.9 Å². The highest BCUT2D eigenvalue weighted by atomic mass is 32.2. The third-order valence-electron chi connectivity index (χ3n) is 2.45. The minimum Gasteiger partial charge on any atom is -0.399 e. The average Bonchev–Trinajstić information content (AvgIpc) is 2.41. The minimum absolute atomic E-state index is 0.219. The van der Waals surface area contributed by atoms with Gasteiger partial charge in [0.15, 0.2) is 5.16 Å². The summed E-state index contributed by atoms with van der Waals surface area (Å²) in [6.07, 6.45) is 4.78. The second kappa shape index (κ2) is 4.69. The molecule has 0 aliphatic carbocycles. The molecule has 3 aromatic rings.